The van der Waals surface area contributed by atoms with E-state index in [1.54, 1.807) is 18.2 Å². The van der Waals surface area contributed by atoms with Gasteiger partial charge in [-0.15, -0.1) is 17.9 Å². The number of thiophene rings is 1. The molecule has 0 spiro atoms. The van der Waals surface area contributed by atoms with Gasteiger partial charge in [-0.2, -0.15) is 4.99 Å². The van der Waals surface area contributed by atoms with Gasteiger partial charge in [0.05, 0.1) is 19.4 Å². The Morgan fingerprint density at radius 3 is 2.86 bits per heavy atom. The van der Waals surface area contributed by atoms with Gasteiger partial charge in [-0.3, -0.25) is 4.79 Å². The molecule has 3 nitrogen and oxygen atoms in total. The average molecular weight is 349 g/mol. The van der Waals surface area contributed by atoms with Crippen molar-refractivity contribution in [1.82, 2.24) is 4.57 Å². The first-order valence-electron chi connectivity index (χ1n) is 6.64. The maximum absolute atomic E-state index is 12.3. The van der Waals surface area contributed by atoms with Crippen LogP contribution < -0.4 is 4.80 Å². The van der Waals surface area contributed by atoms with Crippen LogP contribution in [-0.4, -0.2) is 10.5 Å². The van der Waals surface area contributed by atoms with Crippen molar-refractivity contribution in [3.8, 4) is 0 Å². The molecule has 1 amide bonds. The molecule has 0 aliphatic rings. The minimum absolute atomic E-state index is 0.266. The molecule has 0 saturated heterocycles. The highest BCUT2D eigenvalue weighted by atomic mass is 35.5. The third kappa shape index (κ3) is 2.92. The molecule has 0 unspecified atom stereocenters. The van der Waals surface area contributed by atoms with Gasteiger partial charge in [0, 0.05) is 6.54 Å². The molecular weight excluding hydrogens is 336 g/mol. The third-order valence-corrected chi connectivity index (χ3v) is 5.39. The third-order valence-electron chi connectivity index (χ3n) is 3.13. The lowest BCUT2D eigenvalue weighted by Crippen LogP contribution is -2.15. The molecule has 0 atom stereocenters. The number of fused-ring (bicyclic) bond motifs is 1. The molecule has 0 saturated carbocycles. The first-order chi connectivity index (χ1) is 10.6. The van der Waals surface area contributed by atoms with Crippen molar-refractivity contribution in [3.05, 3.63) is 62.6 Å². The van der Waals surface area contributed by atoms with Crippen LogP contribution in [0.4, 0.5) is 0 Å². The lowest BCUT2D eigenvalue weighted by atomic mass is 10.2. The number of allylic oxidation sites excluding steroid dienone is 1. The summed E-state index contributed by atoms with van der Waals surface area (Å²) in [5, 5.41) is 0. The van der Waals surface area contributed by atoms with Gasteiger partial charge in [0.25, 0.3) is 5.91 Å². The number of nitrogens with zero attached hydrogens (tertiary/aromatic N) is 2. The molecule has 0 aliphatic carbocycles. The quantitative estimate of drug-likeness (QED) is 0.634. The van der Waals surface area contributed by atoms with E-state index < -0.39 is 0 Å². The zero-order valence-corrected chi connectivity index (χ0v) is 14.3. The Bertz CT molecular complexity index is 933. The van der Waals surface area contributed by atoms with Crippen molar-refractivity contribution >= 4 is 50.4 Å². The average Bonchev–Trinajstić information content (AvgIpc) is 3.04. The number of amides is 1. The molecular formula is C16H13ClN2OS2. The standard InChI is InChI=1S/C16H13ClN2OS2/c1-3-8-19-11-5-4-10(2)9-13(11)22-16(19)18-15(20)12-6-7-14(17)21-12/h3-7,9H,1,8H2,2H3. The van der Waals surface area contributed by atoms with Crippen molar-refractivity contribution in [2.45, 2.75) is 13.5 Å². The summed E-state index contributed by atoms with van der Waals surface area (Å²) in [5.74, 6) is -0.266. The van der Waals surface area contributed by atoms with Gasteiger partial charge in [-0.25, -0.2) is 0 Å². The van der Waals surface area contributed by atoms with Crippen molar-refractivity contribution in [2.24, 2.45) is 4.99 Å². The molecule has 0 N–H and O–H groups in total. The SMILES string of the molecule is C=CCn1c(=NC(=O)c2ccc(Cl)s2)sc2cc(C)ccc21. The summed E-state index contributed by atoms with van der Waals surface area (Å²) in [5.41, 5.74) is 2.24. The maximum Gasteiger partial charge on any atom is 0.289 e. The molecule has 0 radical (unpaired) electrons. The second kappa shape index (κ2) is 6.20. The van der Waals surface area contributed by atoms with Crippen LogP contribution in [0.2, 0.25) is 4.34 Å². The van der Waals surface area contributed by atoms with Gasteiger partial charge >= 0.3 is 0 Å². The topological polar surface area (TPSA) is 34.4 Å². The second-order valence-corrected chi connectivity index (χ2v) is 7.50. The minimum atomic E-state index is -0.266. The fourth-order valence-electron chi connectivity index (χ4n) is 2.14. The Kier molecular flexibility index (Phi) is 4.29. The summed E-state index contributed by atoms with van der Waals surface area (Å²) in [6.07, 6.45) is 1.80. The van der Waals surface area contributed by atoms with Crippen LogP contribution in [0.25, 0.3) is 10.2 Å². The molecule has 0 bridgehead atoms. The van der Waals surface area contributed by atoms with E-state index in [1.807, 2.05) is 11.5 Å². The Hall–Kier alpha value is -1.69. The largest absolute Gasteiger partial charge is 0.312 e. The number of aryl methyl sites for hydroxylation is 1. The summed E-state index contributed by atoms with van der Waals surface area (Å²) in [6.45, 7) is 6.44. The summed E-state index contributed by atoms with van der Waals surface area (Å²) >= 11 is 8.63. The van der Waals surface area contributed by atoms with Crippen molar-refractivity contribution < 1.29 is 4.79 Å². The highest BCUT2D eigenvalue weighted by Gasteiger charge is 2.10. The van der Waals surface area contributed by atoms with E-state index in [0.717, 1.165) is 10.2 Å². The molecule has 3 aromatic rings. The van der Waals surface area contributed by atoms with Gasteiger partial charge in [-0.1, -0.05) is 35.1 Å². The molecule has 6 heteroatoms. The van der Waals surface area contributed by atoms with Gasteiger partial charge in [-0.05, 0) is 36.8 Å². The number of thiazole rings is 1. The summed E-state index contributed by atoms with van der Waals surface area (Å²) in [6, 6.07) is 9.62. The highest BCUT2D eigenvalue weighted by molar-refractivity contribution is 7.18. The predicted molar refractivity (Wildman–Crippen MR) is 94.0 cm³/mol. The highest BCUT2D eigenvalue weighted by Crippen LogP contribution is 2.22. The van der Waals surface area contributed by atoms with Gasteiger partial charge in [0.15, 0.2) is 4.80 Å². The smallest absolute Gasteiger partial charge is 0.289 e. The molecule has 22 heavy (non-hydrogen) atoms. The minimum Gasteiger partial charge on any atom is -0.312 e. The van der Waals surface area contributed by atoms with E-state index in [-0.39, 0.29) is 5.91 Å². The number of rotatable bonds is 3. The lowest BCUT2D eigenvalue weighted by Gasteiger charge is -2.00. The normalized spacial score (nSPS) is 12.0. The van der Waals surface area contributed by atoms with E-state index in [1.165, 1.54) is 28.2 Å². The molecule has 2 heterocycles. The first-order valence-corrected chi connectivity index (χ1v) is 8.65. The second-order valence-electron chi connectivity index (χ2n) is 4.78. The van der Waals surface area contributed by atoms with Crippen LogP contribution >= 0.6 is 34.3 Å². The van der Waals surface area contributed by atoms with E-state index in [0.29, 0.717) is 20.6 Å². The Morgan fingerprint density at radius 2 is 2.18 bits per heavy atom. The van der Waals surface area contributed by atoms with Crippen LogP contribution in [0.1, 0.15) is 15.2 Å². The number of aromatic nitrogens is 1. The van der Waals surface area contributed by atoms with Gasteiger partial charge in [0.1, 0.15) is 0 Å². The first kappa shape index (κ1) is 15.2. The maximum atomic E-state index is 12.3. The van der Waals surface area contributed by atoms with Gasteiger partial charge < -0.3 is 4.57 Å². The summed E-state index contributed by atoms with van der Waals surface area (Å²) < 4.78 is 3.70. The fraction of sp³-hybridized carbons (Fsp3) is 0.125. The predicted octanol–water partition coefficient (Wildman–Crippen LogP) is 4.65. The lowest BCUT2D eigenvalue weighted by molar-refractivity contribution is 0.100. The van der Waals surface area contributed by atoms with Crippen molar-refractivity contribution in [3.63, 3.8) is 0 Å². The number of halogens is 1. The molecule has 2 aromatic heterocycles. The van der Waals surface area contributed by atoms with Crippen LogP contribution in [0.5, 0.6) is 0 Å². The van der Waals surface area contributed by atoms with Gasteiger partial charge in [0.2, 0.25) is 0 Å². The number of benzene rings is 1. The van der Waals surface area contributed by atoms with Crippen LogP contribution in [0, 0.1) is 6.92 Å². The van der Waals surface area contributed by atoms with E-state index in [4.69, 9.17) is 11.6 Å². The van der Waals surface area contributed by atoms with E-state index in [2.05, 4.69) is 29.8 Å². The van der Waals surface area contributed by atoms with Crippen LogP contribution in [0.15, 0.2) is 48.0 Å². The Balaban J connectivity index is 2.16. The molecule has 1 aromatic carbocycles. The molecule has 0 fully saturated rings. The monoisotopic (exact) mass is 348 g/mol. The molecule has 3 rings (SSSR count). The van der Waals surface area contributed by atoms with E-state index in [9.17, 15) is 4.79 Å². The number of hydrogen-bond donors (Lipinski definition) is 0. The van der Waals surface area contributed by atoms with E-state index >= 15 is 0 Å². The summed E-state index contributed by atoms with van der Waals surface area (Å²) in [4.78, 5) is 17.8. The molecule has 112 valence electrons. The van der Waals surface area contributed by atoms with Crippen LogP contribution in [-0.2, 0) is 6.54 Å². The zero-order chi connectivity index (χ0) is 15.7. The van der Waals surface area contributed by atoms with Crippen molar-refractivity contribution in [2.75, 3.05) is 0 Å². The fourth-order valence-corrected chi connectivity index (χ4v) is 4.21. The van der Waals surface area contributed by atoms with Crippen LogP contribution in [0.3, 0.4) is 0 Å². The zero-order valence-electron chi connectivity index (χ0n) is 11.9. The Morgan fingerprint density at radius 1 is 1.36 bits per heavy atom. The number of carbonyl (C=O) groups is 1. The summed E-state index contributed by atoms with van der Waals surface area (Å²) in [7, 11) is 0. The number of carbonyl (C=O) groups excluding carboxylic acids is 1. The van der Waals surface area contributed by atoms with Crippen molar-refractivity contribution in [1.29, 1.82) is 0 Å². The number of hydrogen-bond acceptors (Lipinski definition) is 3. The molecule has 0 aliphatic heterocycles. The Labute approximate surface area is 140 Å².